The summed E-state index contributed by atoms with van der Waals surface area (Å²) in [7, 11) is 0. The Labute approximate surface area is 178 Å². The summed E-state index contributed by atoms with van der Waals surface area (Å²) in [5.41, 5.74) is 0.361. The second kappa shape index (κ2) is 6.90. The van der Waals surface area contributed by atoms with Crippen LogP contribution in [0.25, 0.3) is 0 Å². The maximum absolute atomic E-state index is 13.7. The van der Waals surface area contributed by atoms with Crippen LogP contribution in [0.1, 0.15) is 95.1 Å². The molecule has 1 N–H and O–H groups in total. The maximum atomic E-state index is 13.7. The highest BCUT2D eigenvalue weighted by atomic mass is 19.4. The molecule has 0 aromatic heterocycles. The zero-order valence-corrected chi connectivity index (χ0v) is 18.3. The van der Waals surface area contributed by atoms with Crippen LogP contribution in [0.4, 0.5) is 13.2 Å². The Kier molecular flexibility index (Phi) is 4.76. The van der Waals surface area contributed by atoms with Crippen molar-refractivity contribution in [2.24, 2.45) is 34.5 Å². The first kappa shape index (κ1) is 20.7. The van der Waals surface area contributed by atoms with Gasteiger partial charge < -0.3 is 5.11 Å². The molecular weight excluding hydrogens is 385 g/mol. The molecule has 0 saturated heterocycles. The van der Waals surface area contributed by atoms with Crippen LogP contribution < -0.4 is 0 Å². The number of aromatic hydroxyl groups is 1. The van der Waals surface area contributed by atoms with Crippen molar-refractivity contribution >= 4 is 0 Å². The van der Waals surface area contributed by atoms with Crippen LogP contribution in [0, 0.1) is 34.5 Å². The van der Waals surface area contributed by atoms with Crippen molar-refractivity contribution in [3.8, 4) is 5.75 Å². The Morgan fingerprint density at radius 1 is 0.967 bits per heavy atom. The molecule has 4 aliphatic carbocycles. The fourth-order valence-corrected chi connectivity index (χ4v) is 8.74. The quantitative estimate of drug-likeness (QED) is 0.489. The predicted octanol–water partition coefficient (Wildman–Crippen LogP) is 7.93. The van der Waals surface area contributed by atoms with Crippen LogP contribution in [0.5, 0.6) is 5.75 Å². The highest BCUT2D eigenvalue weighted by Crippen LogP contribution is 2.68. The molecule has 1 nitrogen and oxygen atoms in total. The lowest BCUT2D eigenvalue weighted by Crippen LogP contribution is -2.51. The Morgan fingerprint density at radius 3 is 2.53 bits per heavy atom. The van der Waals surface area contributed by atoms with Crippen LogP contribution in [-0.2, 0) is 6.18 Å². The van der Waals surface area contributed by atoms with Gasteiger partial charge in [0.05, 0.1) is 5.56 Å². The number of alkyl halides is 3. The van der Waals surface area contributed by atoms with Crippen molar-refractivity contribution in [1.29, 1.82) is 0 Å². The third-order valence-corrected chi connectivity index (χ3v) is 10.1. The zero-order valence-electron chi connectivity index (χ0n) is 18.3. The first-order valence-corrected chi connectivity index (χ1v) is 12.0. The van der Waals surface area contributed by atoms with Crippen molar-refractivity contribution in [1.82, 2.24) is 0 Å². The predicted molar refractivity (Wildman–Crippen MR) is 112 cm³/mol. The third-order valence-electron chi connectivity index (χ3n) is 10.1. The molecule has 7 atom stereocenters. The summed E-state index contributed by atoms with van der Waals surface area (Å²) in [5.74, 6) is 2.64. The smallest absolute Gasteiger partial charge is 0.416 e. The van der Waals surface area contributed by atoms with Crippen LogP contribution in [-0.4, -0.2) is 5.11 Å². The lowest BCUT2D eigenvalue weighted by molar-refractivity contribution is -0.138. The van der Waals surface area contributed by atoms with Crippen molar-refractivity contribution in [3.63, 3.8) is 0 Å². The van der Waals surface area contributed by atoms with Gasteiger partial charge in [-0.25, -0.2) is 0 Å². The van der Waals surface area contributed by atoms with Crippen molar-refractivity contribution < 1.29 is 18.3 Å². The molecule has 4 heteroatoms. The topological polar surface area (TPSA) is 20.2 Å². The lowest BCUT2D eigenvalue weighted by atomic mass is 9.45. The molecule has 5 rings (SSSR count). The molecule has 0 amide bonds. The van der Waals surface area contributed by atoms with Crippen LogP contribution in [0.15, 0.2) is 18.2 Å². The normalized spacial score (nSPS) is 43.6. The average molecular weight is 421 g/mol. The van der Waals surface area contributed by atoms with Gasteiger partial charge in [-0.15, -0.1) is 0 Å². The monoisotopic (exact) mass is 420 g/mol. The van der Waals surface area contributed by atoms with Gasteiger partial charge in [-0.2, -0.15) is 13.2 Å². The first-order chi connectivity index (χ1) is 14.1. The molecule has 0 spiro atoms. The van der Waals surface area contributed by atoms with Gasteiger partial charge in [0.1, 0.15) is 5.75 Å². The highest BCUT2D eigenvalue weighted by molar-refractivity contribution is 5.40. The van der Waals surface area contributed by atoms with E-state index in [1.165, 1.54) is 57.1 Å². The van der Waals surface area contributed by atoms with Gasteiger partial charge in [0.25, 0.3) is 0 Å². The molecule has 0 bridgehead atoms. The molecule has 4 fully saturated rings. The summed E-state index contributed by atoms with van der Waals surface area (Å²) in [4.78, 5) is 0. The third kappa shape index (κ3) is 3.11. The van der Waals surface area contributed by atoms with E-state index in [0.29, 0.717) is 22.8 Å². The molecule has 1 aromatic rings. The summed E-state index contributed by atoms with van der Waals surface area (Å²) in [6, 6.07) is 3.65. The number of rotatable bonds is 1. The zero-order chi connectivity index (χ0) is 21.3. The molecule has 0 heterocycles. The van der Waals surface area contributed by atoms with E-state index in [9.17, 15) is 18.3 Å². The molecule has 0 aliphatic heterocycles. The lowest BCUT2D eigenvalue weighted by Gasteiger charge is -2.60. The molecule has 4 saturated carbocycles. The second-order valence-corrected chi connectivity index (χ2v) is 11.5. The minimum Gasteiger partial charge on any atom is -0.508 e. The molecule has 30 heavy (non-hydrogen) atoms. The van der Waals surface area contributed by atoms with Crippen LogP contribution in [0.3, 0.4) is 0 Å². The number of benzene rings is 1. The number of phenolic OH excluding ortho intramolecular Hbond substituents is 1. The molecule has 0 radical (unpaired) electrons. The molecule has 2 unspecified atom stereocenters. The minimum atomic E-state index is -4.37. The van der Waals surface area contributed by atoms with Gasteiger partial charge in [-0.1, -0.05) is 26.7 Å². The Balaban J connectivity index is 1.46. The highest BCUT2D eigenvalue weighted by Gasteiger charge is 2.59. The number of fused-ring (bicyclic) bond motifs is 5. The number of hydrogen-bond donors (Lipinski definition) is 1. The maximum Gasteiger partial charge on any atom is 0.416 e. The summed E-state index contributed by atoms with van der Waals surface area (Å²) in [6.45, 7) is 4.89. The van der Waals surface area contributed by atoms with E-state index < -0.39 is 11.7 Å². The van der Waals surface area contributed by atoms with Gasteiger partial charge in [-0.3, -0.25) is 0 Å². The Bertz CT molecular complexity index is 817. The average Bonchev–Trinajstić information content (AvgIpc) is 3.04. The standard InChI is InChI=1S/C26H35F3O/c1-24-12-10-21-19(8-6-17-5-3-4-11-25(17,21)2)23(24)13-16(15-24)20-14-18(30)7-9-22(20)26(27,28)29/h7,9,14,16-17,19,21,23,30H,3-6,8,10-13,15H2,1-2H3/t16?,17?,19-,21-,23+,24-,25+/m1/s1. The van der Waals surface area contributed by atoms with Gasteiger partial charge in [0.15, 0.2) is 0 Å². The fraction of sp³-hybridized carbons (Fsp3) is 0.769. The van der Waals surface area contributed by atoms with Gasteiger partial charge >= 0.3 is 6.18 Å². The molecule has 4 aliphatic rings. The van der Waals surface area contributed by atoms with E-state index in [1.54, 1.807) is 0 Å². The largest absolute Gasteiger partial charge is 0.508 e. The molecular formula is C26H35F3O. The van der Waals surface area contributed by atoms with E-state index in [1.807, 2.05) is 0 Å². The second-order valence-electron chi connectivity index (χ2n) is 11.5. The Hall–Kier alpha value is -1.19. The minimum absolute atomic E-state index is 0.0499. The van der Waals surface area contributed by atoms with Crippen molar-refractivity contribution in [2.45, 2.75) is 90.1 Å². The van der Waals surface area contributed by atoms with E-state index in [-0.39, 0.29) is 17.1 Å². The summed E-state index contributed by atoms with van der Waals surface area (Å²) in [5, 5.41) is 9.97. The summed E-state index contributed by atoms with van der Waals surface area (Å²) >= 11 is 0. The van der Waals surface area contributed by atoms with Crippen molar-refractivity contribution in [3.05, 3.63) is 29.3 Å². The number of hydrogen-bond acceptors (Lipinski definition) is 1. The number of halogens is 3. The van der Waals surface area contributed by atoms with Gasteiger partial charge in [0.2, 0.25) is 0 Å². The van der Waals surface area contributed by atoms with Gasteiger partial charge in [0, 0.05) is 0 Å². The molecule has 166 valence electrons. The van der Waals surface area contributed by atoms with E-state index in [4.69, 9.17) is 0 Å². The SMILES string of the molecule is C[C@]12CC[C@@H]3[C@@H](CCC4CCCC[C@@]43C)[C@@H]1CC(c1cc(O)ccc1C(F)(F)F)C2. The first-order valence-electron chi connectivity index (χ1n) is 12.0. The van der Waals surface area contributed by atoms with Crippen LogP contribution in [0.2, 0.25) is 0 Å². The van der Waals surface area contributed by atoms with Crippen LogP contribution >= 0.6 is 0 Å². The van der Waals surface area contributed by atoms with E-state index in [0.717, 1.165) is 37.2 Å². The fourth-order valence-electron chi connectivity index (χ4n) is 8.74. The summed E-state index contributed by atoms with van der Waals surface area (Å²) < 4.78 is 41.2. The Morgan fingerprint density at radius 2 is 1.77 bits per heavy atom. The van der Waals surface area contributed by atoms with Crippen molar-refractivity contribution in [2.75, 3.05) is 0 Å². The summed E-state index contributed by atoms with van der Waals surface area (Å²) in [6.07, 6.45) is 7.74. The van der Waals surface area contributed by atoms with Gasteiger partial charge in [-0.05, 0) is 116 Å². The van der Waals surface area contributed by atoms with E-state index >= 15 is 0 Å². The van der Waals surface area contributed by atoms with E-state index in [2.05, 4.69) is 13.8 Å². The number of phenols is 1. The molecule has 1 aromatic carbocycles.